The van der Waals surface area contributed by atoms with Gasteiger partial charge in [-0.3, -0.25) is 14.4 Å². The molecule has 2 heterocycles. The first-order valence-corrected chi connectivity index (χ1v) is 15.2. The molecule has 2 aliphatic rings. The third-order valence-corrected chi connectivity index (χ3v) is 8.43. The SMILES string of the molecule is C[C@@H](/C=C/CC(=O)N(CCO)Cc1ccccc1)[C@]1(O)C(=O)N(Cc2ccc(NC(=O)[C@H]3CCCN3)cc2)c2ccccc21. The molecule has 0 bridgehead atoms. The summed E-state index contributed by atoms with van der Waals surface area (Å²) in [6.45, 7) is 3.33. The van der Waals surface area contributed by atoms with E-state index in [4.69, 9.17) is 0 Å². The first-order valence-electron chi connectivity index (χ1n) is 15.2. The van der Waals surface area contributed by atoms with Crippen LogP contribution in [0.4, 0.5) is 11.4 Å². The van der Waals surface area contributed by atoms with E-state index >= 15 is 0 Å². The Labute approximate surface area is 258 Å². The van der Waals surface area contributed by atoms with Crippen LogP contribution < -0.4 is 15.5 Å². The molecule has 44 heavy (non-hydrogen) atoms. The number of hydrogen-bond acceptors (Lipinski definition) is 6. The molecule has 0 aromatic heterocycles. The molecule has 1 fully saturated rings. The van der Waals surface area contributed by atoms with Crippen molar-refractivity contribution in [3.8, 4) is 0 Å². The predicted molar refractivity (Wildman–Crippen MR) is 169 cm³/mol. The number of benzene rings is 3. The van der Waals surface area contributed by atoms with E-state index in [0.717, 1.165) is 30.5 Å². The number of hydrogen-bond donors (Lipinski definition) is 4. The molecule has 230 valence electrons. The molecular formula is C35H40N4O5. The molecule has 2 aliphatic heterocycles. The predicted octanol–water partition coefficient (Wildman–Crippen LogP) is 3.72. The van der Waals surface area contributed by atoms with Gasteiger partial charge in [0.1, 0.15) is 0 Å². The van der Waals surface area contributed by atoms with E-state index in [1.807, 2.05) is 66.7 Å². The van der Waals surface area contributed by atoms with Crippen molar-refractivity contribution in [2.45, 2.75) is 50.9 Å². The fourth-order valence-electron chi connectivity index (χ4n) is 5.93. The van der Waals surface area contributed by atoms with E-state index in [2.05, 4.69) is 10.6 Å². The smallest absolute Gasteiger partial charge is 0.264 e. The zero-order chi connectivity index (χ0) is 31.1. The van der Waals surface area contributed by atoms with Gasteiger partial charge in [-0.1, -0.05) is 79.7 Å². The summed E-state index contributed by atoms with van der Waals surface area (Å²) in [7, 11) is 0. The van der Waals surface area contributed by atoms with E-state index < -0.39 is 17.4 Å². The van der Waals surface area contributed by atoms with Gasteiger partial charge in [0.15, 0.2) is 5.60 Å². The number of nitrogens with one attached hydrogen (secondary N) is 2. The van der Waals surface area contributed by atoms with Crippen molar-refractivity contribution in [2.75, 3.05) is 29.9 Å². The molecule has 1 saturated heterocycles. The average molecular weight is 597 g/mol. The van der Waals surface area contributed by atoms with Crippen LogP contribution in [0.1, 0.15) is 42.9 Å². The number of aliphatic hydroxyl groups is 2. The highest BCUT2D eigenvalue weighted by Gasteiger charge is 2.52. The molecule has 0 spiro atoms. The van der Waals surface area contributed by atoms with E-state index in [1.165, 1.54) is 0 Å². The van der Waals surface area contributed by atoms with E-state index in [9.17, 15) is 24.6 Å². The van der Waals surface area contributed by atoms with Gasteiger partial charge in [-0.05, 0) is 48.7 Å². The van der Waals surface area contributed by atoms with Crippen molar-refractivity contribution in [3.05, 3.63) is 108 Å². The normalized spacial score (nSPS) is 20.1. The number of anilines is 2. The molecule has 9 heteroatoms. The third kappa shape index (κ3) is 6.75. The Bertz CT molecular complexity index is 1490. The molecular weight excluding hydrogens is 556 g/mol. The van der Waals surface area contributed by atoms with Crippen molar-refractivity contribution >= 4 is 29.1 Å². The second kappa shape index (κ2) is 14.0. The number of nitrogens with zero attached hydrogens (tertiary/aromatic N) is 2. The van der Waals surface area contributed by atoms with Gasteiger partial charge in [0.2, 0.25) is 11.8 Å². The molecule has 3 atom stereocenters. The first kappa shape index (κ1) is 31.1. The lowest BCUT2D eigenvalue weighted by molar-refractivity contribution is -0.139. The summed E-state index contributed by atoms with van der Waals surface area (Å²) in [5, 5.41) is 27.5. The lowest BCUT2D eigenvalue weighted by Gasteiger charge is -2.28. The average Bonchev–Trinajstić information content (AvgIpc) is 3.66. The van der Waals surface area contributed by atoms with Crippen LogP contribution in [0.25, 0.3) is 0 Å². The van der Waals surface area contributed by atoms with Crippen LogP contribution in [0, 0.1) is 5.92 Å². The molecule has 0 unspecified atom stereocenters. The highest BCUT2D eigenvalue weighted by atomic mass is 16.3. The minimum Gasteiger partial charge on any atom is -0.395 e. The Balaban J connectivity index is 1.25. The molecule has 0 aliphatic carbocycles. The second-order valence-electron chi connectivity index (χ2n) is 11.5. The van der Waals surface area contributed by atoms with Crippen LogP contribution in [0.15, 0.2) is 91.0 Å². The van der Waals surface area contributed by atoms with Crippen LogP contribution in [-0.4, -0.2) is 58.6 Å². The first-order chi connectivity index (χ1) is 21.3. The summed E-state index contributed by atoms with van der Waals surface area (Å²) in [6, 6.07) is 24.0. The Hall–Kier alpha value is -4.31. The van der Waals surface area contributed by atoms with Gasteiger partial charge in [0.05, 0.1) is 24.9 Å². The Morgan fingerprint density at radius 1 is 1.07 bits per heavy atom. The minimum atomic E-state index is -1.80. The number of aliphatic hydroxyl groups excluding tert-OH is 1. The summed E-state index contributed by atoms with van der Waals surface area (Å²) in [5.41, 5.74) is 1.87. The molecule has 4 N–H and O–H groups in total. The summed E-state index contributed by atoms with van der Waals surface area (Å²) in [5.74, 6) is -1.25. The van der Waals surface area contributed by atoms with Crippen LogP contribution in [-0.2, 0) is 33.1 Å². The lowest BCUT2D eigenvalue weighted by atomic mass is 9.83. The van der Waals surface area contributed by atoms with Crippen LogP contribution in [0.3, 0.4) is 0 Å². The third-order valence-electron chi connectivity index (χ3n) is 8.43. The standard InChI is InChI=1S/C35H40N4O5/c1-25(9-7-15-32(41)38(21-22-40)23-26-10-3-2-4-11-26)35(44)29-12-5-6-14-31(29)39(34(35)43)24-27-16-18-28(19-17-27)37-33(42)30-13-8-20-36-30/h2-7,9-12,14,16-19,25,30,36,40,44H,8,13,15,20-24H2,1H3,(H,37,42)/b9-7+/t25-,30+,35+/m0/s1. The van der Waals surface area contributed by atoms with Crippen molar-refractivity contribution in [2.24, 2.45) is 5.92 Å². The zero-order valence-corrected chi connectivity index (χ0v) is 25.0. The van der Waals surface area contributed by atoms with Crippen LogP contribution in [0.2, 0.25) is 0 Å². The second-order valence-corrected chi connectivity index (χ2v) is 11.5. The number of para-hydroxylation sites is 1. The van der Waals surface area contributed by atoms with Gasteiger partial charge in [0.25, 0.3) is 5.91 Å². The summed E-state index contributed by atoms with van der Waals surface area (Å²) in [6.07, 6.45) is 5.29. The summed E-state index contributed by atoms with van der Waals surface area (Å²) >= 11 is 0. The number of carbonyl (C=O) groups is 3. The van der Waals surface area contributed by atoms with E-state index in [-0.39, 0.29) is 44.0 Å². The quantitative estimate of drug-likeness (QED) is 0.237. The van der Waals surface area contributed by atoms with E-state index in [0.29, 0.717) is 23.5 Å². The molecule has 3 aromatic rings. The van der Waals surface area contributed by atoms with Crippen molar-refractivity contribution in [1.29, 1.82) is 0 Å². The van der Waals surface area contributed by atoms with Gasteiger partial charge in [-0.15, -0.1) is 0 Å². The fourth-order valence-corrected chi connectivity index (χ4v) is 5.93. The van der Waals surface area contributed by atoms with Crippen LogP contribution >= 0.6 is 0 Å². The molecule has 3 amide bonds. The maximum absolute atomic E-state index is 13.9. The molecule has 5 rings (SSSR count). The maximum atomic E-state index is 13.9. The van der Waals surface area contributed by atoms with Gasteiger partial charge in [0, 0.05) is 36.7 Å². The van der Waals surface area contributed by atoms with E-state index in [1.54, 1.807) is 41.0 Å². The number of rotatable bonds is 12. The maximum Gasteiger partial charge on any atom is 0.264 e. The topological polar surface area (TPSA) is 122 Å². The Morgan fingerprint density at radius 2 is 1.80 bits per heavy atom. The monoisotopic (exact) mass is 596 g/mol. The van der Waals surface area contributed by atoms with Gasteiger partial charge >= 0.3 is 0 Å². The van der Waals surface area contributed by atoms with Gasteiger partial charge in [-0.2, -0.15) is 0 Å². The highest BCUT2D eigenvalue weighted by molar-refractivity contribution is 6.07. The molecule has 0 radical (unpaired) electrons. The van der Waals surface area contributed by atoms with Gasteiger partial charge < -0.3 is 30.6 Å². The molecule has 3 aromatic carbocycles. The van der Waals surface area contributed by atoms with Crippen molar-refractivity contribution in [3.63, 3.8) is 0 Å². The highest BCUT2D eigenvalue weighted by Crippen LogP contribution is 2.45. The number of carbonyl (C=O) groups excluding carboxylic acids is 3. The molecule has 9 nitrogen and oxygen atoms in total. The lowest BCUT2D eigenvalue weighted by Crippen LogP contribution is -2.44. The Kier molecular flexibility index (Phi) is 9.89. The minimum absolute atomic E-state index is 0.0509. The summed E-state index contributed by atoms with van der Waals surface area (Å²) < 4.78 is 0. The largest absolute Gasteiger partial charge is 0.395 e. The fraction of sp³-hybridized carbons (Fsp3) is 0.343. The van der Waals surface area contributed by atoms with Gasteiger partial charge in [-0.25, -0.2) is 0 Å². The van der Waals surface area contributed by atoms with Crippen molar-refractivity contribution in [1.82, 2.24) is 10.2 Å². The summed E-state index contributed by atoms with van der Waals surface area (Å²) in [4.78, 5) is 42.5. The zero-order valence-electron chi connectivity index (χ0n) is 25.0. The number of amides is 3. The number of fused-ring (bicyclic) bond motifs is 1. The Morgan fingerprint density at radius 3 is 2.50 bits per heavy atom. The van der Waals surface area contributed by atoms with Crippen molar-refractivity contribution < 1.29 is 24.6 Å². The van der Waals surface area contributed by atoms with Crippen LogP contribution in [0.5, 0.6) is 0 Å². The molecule has 0 saturated carbocycles.